The van der Waals surface area contributed by atoms with Gasteiger partial charge in [0.15, 0.2) is 0 Å². The molecule has 1 atom stereocenters. The lowest BCUT2D eigenvalue weighted by atomic mass is 10.0. The van der Waals surface area contributed by atoms with Crippen LogP contribution in [0.25, 0.3) is 10.9 Å². The number of nitrogens with zero attached hydrogens (tertiary/aromatic N) is 1. The molecule has 1 aliphatic rings. The number of hydrogen-bond acceptors (Lipinski definition) is 2. The second-order valence-electron chi connectivity index (χ2n) is 7.01. The Hall–Kier alpha value is -2.43. The minimum atomic E-state index is -1.04. The SMILES string of the molecule is CC1=CC(n2c(C(C)C)c(C)c3cc(N)c(C(=N)F)cc32)CC=C1F. The van der Waals surface area contributed by atoms with Crippen molar-refractivity contribution >= 4 is 22.6 Å². The van der Waals surface area contributed by atoms with Crippen molar-refractivity contribution in [3.8, 4) is 0 Å². The number of halogens is 2. The molecule has 3 N–H and O–H groups in total. The molecule has 1 aromatic heterocycles. The van der Waals surface area contributed by atoms with Crippen molar-refractivity contribution in [1.29, 1.82) is 5.41 Å². The molecule has 2 aromatic rings. The van der Waals surface area contributed by atoms with Gasteiger partial charge in [-0.25, -0.2) is 4.39 Å². The molecule has 0 fully saturated rings. The van der Waals surface area contributed by atoms with Crippen LogP contribution in [0.2, 0.25) is 0 Å². The third-order valence-electron chi connectivity index (χ3n) is 4.95. The highest BCUT2D eigenvalue weighted by atomic mass is 19.1. The van der Waals surface area contributed by atoms with Crippen LogP contribution in [0.15, 0.2) is 35.7 Å². The smallest absolute Gasteiger partial charge is 0.214 e. The fraction of sp³-hybridized carbons (Fsp3) is 0.350. The molecular formula is C20H23F2N3. The number of hydrogen-bond donors (Lipinski definition) is 2. The van der Waals surface area contributed by atoms with Gasteiger partial charge in [0.2, 0.25) is 5.97 Å². The molecule has 1 aliphatic carbocycles. The van der Waals surface area contributed by atoms with Gasteiger partial charge in [0, 0.05) is 22.3 Å². The zero-order valence-corrected chi connectivity index (χ0v) is 15.0. The molecule has 5 heteroatoms. The third-order valence-corrected chi connectivity index (χ3v) is 4.95. The molecule has 0 saturated carbocycles. The second kappa shape index (κ2) is 6.14. The summed E-state index contributed by atoms with van der Waals surface area (Å²) in [6, 6.07) is 3.34. The van der Waals surface area contributed by atoms with Gasteiger partial charge in [-0.05, 0) is 55.5 Å². The van der Waals surface area contributed by atoms with Crippen LogP contribution in [0.4, 0.5) is 14.5 Å². The molecule has 1 aromatic carbocycles. The number of aryl methyl sites for hydroxylation is 1. The highest BCUT2D eigenvalue weighted by Crippen LogP contribution is 2.39. The van der Waals surface area contributed by atoms with Crippen LogP contribution >= 0.6 is 0 Å². The first-order valence-electron chi connectivity index (χ1n) is 8.45. The first-order valence-corrected chi connectivity index (χ1v) is 8.45. The number of nitrogens with one attached hydrogen (secondary N) is 1. The van der Waals surface area contributed by atoms with E-state index in [0.29, 0.717) is 12.0 Å². The van der Waals surface area contributed by atoms with E-state index >= 15 is 0 Å². The van der Waals surface area contributed by atoms with Crippen molar-refractivity contribution < 1.29 is 8.78 Å². The standard InChI is InChI=1S/C20H23F2N3/c1-10(2)19-12(4)14-8-17(23)15(20(22)24)9-18(14)25(19)13-5-6-16(21)11(3)7-13/h6-10,13,24H,5,23H2,1-4H3. The Kier molecular flexibility index (Phi) is 4.27. The molecule has 1 heterocycles. The molecule has 3 nitrogen and oxygen atoms in total. The van der Waals surface area contributed by atoms with E-state index in [4.69, 9.17) is 11.1 Å². The van der Waals surface area contributed by atoms with Crippen molar-refractivity contribution in [3.05, 3.63) is 52.5 Å². The van der Waals surface area contributed by atoms with Crippen molar-refractivity contribution in [1.82, 2.24) is 4.57 Å². The number of aromatic nitrogens is 1. The van der Waals surface area contributed by atoms with E-state index in [-0.39, 0.29) is 29.0 Å². The Morgan fingerprint density at radius 3 is 2.56 bits per heavy atom. The van der Waals surface area contributed by atoms with Crippen molar-refractivity contribution in [2.45, 2.75) is 46.1 Å². The molecule has 0 radical (unpaired) electrons. The summed E-state index contributed by atoms with van der Waals surface area (Å²) in [6.07, 6.45) is 4.05. The van der Waals surface area contributed by atoms with Gasteiger partial charge in [-0.2, -0.15) is 4.39 Å². The molecule has 132 valence electrons. The van der Waals surface area contributed by atoms with Crippen LogP contribution < -0.4 is 5.73 Å². The fourth-order valence-electron chi connectivity index (χ4n) is 3.81. The lowest BCUT2D eigenvalue weighted by molar-refractivity contribution is 0.550. The average molecular weight is 343 g/mol. The number of nitrogens with two attached hydrogens (primary N) is 1. The first-order chi connectivity index (χ1) is 11.7. The topological polar surface area (TPSA) is 54.8 Å². The maximum absolute atomic E-state index is 13.8. The highest BCUT2D eigenvalue weighted by Gasteiger charge is 2.24. The fourth-order valence-corrected chi connectivity index (χ4v) is 3.81. The molecular weight excluding hydrogens is 320 g/mol. The van der Waals surface area contributed by atoms with E-state index in [0.717, 1.165) is 22.2 Å². The van der Waals surface area contributed by atoms with Crippen LogP contribution in [-0.4, -0.2) is 10.5 Å². The van der Waals surface area contributed by atoms with Crippen molar-refractivity contribution in [2.24, 2.45) is 0 Å². The number of anilines is 1. The van der Waals surface area contributed by atoms with Crippen molar-refractivity contribution in [2.75, 3.05) is 5.73 Å². The summed E-state index contributed by atoms with van der Waals surface area (Å²) >= 11 is 0. The number of allylic oxidation sites excluding steroid dienone is 4. The first kappa shape index (κ1) is 17.4. The molecule has 0 aliphatic heterocycles. The lowest BCUT2D eigenvalue weighted by Gasteiger charge is -2.24. The van der Waals surface area contributed by atoms with Crippen LogP contribution in [0.3, 0.4) is 0 Å². The molecule has 25 heavy (non-hydrogen) atoms. The van der Waals surface area contributed by atoms with Crippen molar-refractivity contribution in [3.63, 3.8) is 0 Å². The quantitative estimate of drug-likeness (QED) is 0.545. The Balaban J connectivity index is 2.34. The second-order valence-corrected chi connectivity index (χ2v) is 7.01. The van der Waals surface area contributed by atoms with Gasteiger partial charge in [-0.1, -0.05) is 19.9 Å². The summed E-state index contributed by atoms with van der Waals surface area (Å²) < 4.78 is 29.5. The normalized spacial score (nSPS) is 17.8. The monoisotopic (exact) mass is 343 g/mol. The Morgan fingerprint density at radius 2 is 2.00 bits per heavy atom. The Labute approximate surface area is 146 Å². The number of nitrogen functional groups attached to an aromatic ring is 1. The highest BCUT2D eigenvalue weighted by molar-refractivity contribution is 6.02. The van der Waals surface area contributed by atoms with Gasteiger partial charge < -0.3 is 10.3 Å². The molecule has 0 spiro atoms. The average Bonchev–Trinajstić information content (AvgIpc) is 2.81. The van der Waals surface area contributed by atoms with Gasteiger partial charge in [0.1, 0.15) is 5.83 Å². The van der Waals surface area contributed by atoms with E-state index in [1.165, 1.54) is 0 Å². The minimum absolute atomic E-state index is 0.0432. The van der Waals surface area contributed by atoms with E-state index in [1.54, 1.807) is 25.1 Å². The maximum atomic E-state index is 13.8. The summed E-state index contributed by atoms with van der Waals surface area (Å²) in [5, 5.41) is 8.29. The van der Waals surface area contributed by atoms with Gasteiger partial charge in [-0.15, -0.1) is 0 Å². The van der Waals surface area contributed by atoms with E-state index in [1.807, 2.05) is 13.0 Å². The van der Waals surface area contributed by atoms with Crippen LogP contribution in [-0.2, 0) is 0 Å². The lowest BCUT2D eigenvalue weighted by Crippen LogP contribution is -2.14. The summed E-state index contributed by atoms with van der Waals surface area (Å²) in [5.41, 5.74) is 9.97. The summed E-state index contributed by atoms with van der Waals surface area (Å²) in [6.45, 7) is 8.00. The van der Waals surface area contributed by atoms with Gasteiger partial charge in [0.25, 0.3) is 0 Å². The molecule has 0 saturated heterocycles. The third kappa shape index (κ3) is 2.77. The number of fused-ring (bicyclic) bond motifs is 1. The van der Waals surface area contributed by atoms with Gasteiger partial charge >= 0.3 is 0 Å². The van der Waals surface area contributed by atoms with Crippen LogP contribution in [0.1, 0.15) is 56.0 Å². The molecule has 1 unspecified atom stereocenters. The van der Waals surface area contributed by atoms with Crippen LogP contribution in [0, 0.1) is 12.3 Å². The zero-order valence-electron chi connectivity index (χ0n) is 15.0. The summed E-state index contributed by atoms with van der Waals surface area (Å²) in [5.74, 6) is -0.991. The summed E-state index contributed by atoms with van der Waals surface area (Å²) in [4.78, 5) is 0. The largest absolute Gasteiger partial charge is 0.398 e. The maximum Gasteiger partial charge on any atom is 0.214 e. The number of rotatable bonds is 3. The van der Waals surface area contributed by atoms with Gasteiger partial charge in [-0.3, -0.25) is 5.41 Å². The van der Waals surface area contributed by atoms with E-state index in [2.05, 4.69) is 18.4 Å². The van der Waals surface area contributed by atoms with Gasteiger partial charge in [0.05, 0.1) is 11.6 Å². The summed E-state index contributed by atoms with van der Waals surface area (Å²) in [7, 11) is 0. The molecule has 0 amide bonds. The predicted octanol–water partition coefficient (Wildman–Crippen LogP) is 5.69. The predicted molar refractivity (Wildman–Crippen MR) is 99.7 cm³/mol. The number of benzene rings is 1. The Bertz CT molecular complexity index is 932. The Morgan fingerprint density at radius 1 is 1.32 bits per heavy atom. The molecule has 0 bridgehead atoms. The zero-order chi connectivity index (χ0) is 18.5. The van der Waals surface area contributed by atoms with Crippen LogP contribution in [0.5, 0.6) is 0 Å². The molecule has 3 rings (SSSR count). The minimum Gasteiger partial charge on any atom is -0.398 e. The van der Waals surface area contributed by atoms with E-state index < -0.39 is 5.97 Å². The van der Waals surface area contributed by atoms with E-state index in [9.17, 15) is 8.78 Å².